The summed E-state index contributed by atoms with van der Waals surface area (Å²) in [6, 6.07) is 33.9. The molecule has 4 nitrogen and oxygen atoms in total. The fourth-order valence-electron chi connectivity index (χ4n) is 8.31. The highest BCUT2D eigenvalue weighted by Gasteiger charge is 2.20. The van der Waals surface area contributed by atoms with E-state index in [1.807, 2.05) is 0 Å². The van der Waals surface area contributed by atoms with Crippen molar-refractivity contribution in [1.29, 1.82) is 0 Å². The van der Waals surface area contributed by atoms with E-state index in [0.717, 1.165) is 106 Å². The fraction of sp³-hybridized carbons (Fsp3) is 0.444. The summed E-state index contributed by atoms with van der Waals surface area (Å²) in [6.45, 7) is 15.7. The minimum absolute atomic E-state index is 0.548. The summed E-state index contributed by atoms with van der Waals surface area (Å²) in [5, 5.41) is 3.54. The molecule has 0 saturated heterocycles. The molecule has 5 aromatic carbocycles. The van der Waals surface area contributed by atoms with Crippen molar-refractivity contribution >= 4 is 45.0 Å². The van der Waals surface area contributed by atoms with E-state index in [-0.39, 0.29) is 0 Å². The molecule has 6 heteroatoms. The highest BCUT2D eigenvalue weighted by atomic mass is 35.5. The molecule has 0 saturated carbocycles. The summed E-state index contributed by atoms with van der Waals surface area (Å²) in [5.74, 6) is 4.27. The summed E-state index contributed by atoms with van der Waals surface area (Å²) in [5.41, 5.74) is 7.01. The molecular formula is C54H67Cl2NO3. The van der Waals surface area contributed by atoms with Crippen molar-refractivity contribution in [3.05, 3.63) is 107 Å². The van der Waals surface area contributed by atoms with Gasteiger partial charge in [0.1, 0.15) is 17.2 Å². The third-order valence-corrected chi connectivity index (χ3v) is 13.0. The Kier molecular flexibility index (Phi) is 17.1. The van der Waals surface area contributed by atoms with Crippen LogP contribution in [-0.4, -0.2) is 24.4 Å². The van der Waals surface area contributed by atoms with Gasteiger partial charge in [0, 0.05) is 27.6 Å². The third kappa shape index (κ3) is 11.4. The first-order valence-electron chi connectivity index (χ1n) is 23.0. The Balaban J connectivity index is 1.41. The fourth-order valence-corrected chi connectivity index (χ4v) is 8.85. The van der Waals surface area contributed by atoms with Crippen molar-refractivity contribution < 1.29 is 14.2 Å². The first kappa shape index (κ1) is 45.4. The van der Waals surface area contributed by atoms with Crippen LogP contribution in [0.5, 0.6) is 17.2 Å². The van der Waals surface area contributed by atoms with Crippen LogP contribution in [0.1, 0.15) is 119 Å². The van der Waals surface area contributed by atoms with Gasteiger partial charge in [0.2, 0.25) is 0 Å². The number of fused-ring (bicyclic) bond motifs is 3. The Morgan fingerprint density at radius 1 is 0.467 bits per heavy atom. The van der Waals surface area contributed by atoms with E-state index in [9.17, 15) is 0 Å². The molecule has 0 aliphatic carbocycles. The van der Waals surface area contributed by atoms with Crippen molar-refractivity contribution in [2.24, 2.45) is 17.8 Å². The molecule has 0 fully saturated rings. The van der Waals surface area contributed by atoms with Crippen LogP contribution in [-0.2, 0) is 0 Å². The molecule has 3 unspecified atom stereocenters. The van der Waals surface area contributed by atoms with Gasteiger partial charge >= 0.3 is 0 Å². The summed E-state index contributed by atoms with van der Waals surface area (Å²) in [6.07, 6.45) is 14.2. The number of benzene rings is 5. The number of halogens is 2. The lowest BCUT2D eigenvalue weighted by atomic mass is 9.99. The first-order valence-corrected chi connectivity index (χ1v) is 23.7. The molecule has 0 aliphatic heterocycles. The van der Waals surface area contributed by atoms with Crippen molar-refractivity contribution in [3.63, 3.8) is 0 Å². The van der Waals surface area contributed by atoms with Crippen LogP contribution in [0.3, 0.4) is 0 Å². The van der Waals surface area contributed by atoms with Crippen LogP contribution in [0.15, 0.2) is 97.1 Å². The maximum atomic E-state index is 7.28. The zero-order chi connectivity index (χ0) is 42.4. The standard InChI is InChI=1S/C54H67Cl2NO3/c1-7-13-18-38(10-4)35-58-44-27-25-43(26-28-44)57-53-33-51(55)47(41-21-16-23-45(29-41)59-36-39(11-5)19-14-8-2)31-49(53)50-32-48(52(56)34-54(50)57)42-22-17-24-46(30-42)60-37-40(12-6)20-15-9-3/h16-17,21-34,38-40H,7-15,18-20,35-37H2,1-6H3. The van der Waals surface area contributed by atoms with E-state index in [4.69, 9.17) is 37.4 Å². The Bertz CT molecular complexity index is 2130. The second-order valence-corrected chi connectivity index (χ2v) is 17.6. The average Bonchev–Trinajstić information content (AvgIpc) is 3.57. The van der Waals surface area contributed by atoms with Gasteiger partial charge in [0.25, 0.3) is 0 Å². The van der Waals surface area contributed by atoms with E-state index < -0.39 is 0 Å². The van der Waals surface area contributed by atoms with Crippen LogP contribution in [0.2, 0.25) is 10.0 Å². The molecule has 0 aliphatic rings. The number of ether oxygens (including phenoxy) is 3. The molecule has 1 aromatic heterocycles. The Morgan fingerprint density at radius 2 is 0.867 bits per heavy atom. The van der Waals surface area contributed by atoms with Gasteiger partial charge in [-0.15, -0.1) is 0 Å². The van der Waals surface area contributed by atoms with Gasteiger partial charge in [0.15, 0.2) is 0 Å². The number of hydrogen-bond donors (Lipinski definition) is 0. The van der Waals surface area contributed by atoms with E-state index in [1.54, 1.807) is 0 Å². The second kappa shape index (κ2) is 22.6. The van der Waals surface area contributed by atoms with Gasteiger partial charge in [-0.05, 0) is 121 Å². The zero-order valence-corrected chi connectivity index (χ0v) is 38.5. The van der Waals surface area contributed by atoms with E-state index in [2.05, 4.69) is 143 Å². The predicted molar refractivity (Wildman–Crippen MR) is 258 cm³/mol. The van der Waals surface area contributed by atoms with Gasteiger partial charge in [0.05, 0.1) is 40.9 Å². The van der Waals surface area contributed by atoms with E-state index >= 15 is 0 Å². The maximum absolute atomic E-state index is 7.28. The molecule has 60 heavy (non-hydrogen) atoms. The van der Waals surface area contributed by atoms with Crippen LogP contribution >= 0.6 is 23.2 Å². The molecule has 6 rings (SSSR count). The summed E-state index contributed by atoms with van der Waals surface area (Å²) >= 11 is 14.6. The van der Waals surface area contributed by atoms with Crippen molar-refractivity contribution in [1.82, 2.24) is 4.57 Å². The largest absolute Gasteiger partial charge is 0.493 e. The Labute approximate surface area is 370 Å². The van der Waals surface area contributed by atoms with Gasteiger partial charge in [-0.3, -0.25) is 0 Å². The van der Waals surface area contributed by atoms with Crippen LogP contribution < -0.4 is 14.2 Å². The molecule has 0 radical (unpaired) electrons. The smallest absolute Gasteiger partial charge is 0.119 e. The van der Waals surface area contributed by atoms with Crippen LogP contribution in [0, 0.1) is 17.8 Å². The summed E-state index contributed by atoms with van der Waals surface area (Å²) in [4.78, 5) is 0. The quantitative estimate of drug-likeness (QED) is 0.0608. The second-order valence-electron chi connectivity index (χ2n) is 16.8. The normalized spacial score (nSPS) is 13.1. The predicted octanol–water partition coefficient (Wildman–Crippen LogP) is 17.2. The van der Waals surface area contributed by atoms with Crippen LogP contribution in [0.4, 0.5) is 0 Å². The van der Waals surface area contributed by atoms with Gasteiger partial charge < -0.3 is 18.8 Å². The lowest BCUT2D eigenvalue weighted by Crippen LogP contribution is -2.11. The number of hydrogen-bond acceptors (Lipinski definition) is 3. The summed E-state index contributed by atoms with van der Waals surface area (Å²) in [7, 11) is 0. The van der Waals surface area contributed by atoms with E-state index in [1.165, 1.54) is 57.8 Å². The average molecular weight is 849 g/mol. The third-order valence-electron chi connectivity index (χ3n) is 12.4. The monoisotopic (exact) mass is 847 g/mol. The minimum atomic E-state index is 0.548. The van der Waals surface area contributed by atoms with Crippen molar-refractivity contribution in [3.8, 4) is 45.2 Å². The number of nitrogens with zero attached hydrogens (tertiary/aromatic N) is 1. The zero-order valence-electron chi connectivity index (χ0n) is 37.0. The molecule has 3 atom stereocenters. The van der Waals surface area contributed by atoms with Crippen molar-refractivity contribution in [2.45, 2.75) is 119 Å². The lowest BCUT2D eigenvalue weighted by molar-refractivity contribution is 0.233. The highest BCUT2D eigenvalue weighted by molar-refractivity contribution is 6.36. The molecule has 0 N–H and O–H groups in total. The Morgan fingerprint density at radius 3 is 1.25 bits per heavy atom. The number of rotatable bonds is 24. The van der Waals surface area contributed by atoms with Gasteiger partial charge in [-0.1, -0.05) is 147 Å². The summed E-state index contributed by atoms with van der Waals surface area (Å²) < 4.78 is 21.4. The minimum Gasteiger partial charge on any atom is -0.493 e. The highest BCUT2D eigenvalue weighted by Crippen LogP contribution is 2.43. The maximum Gasteiger partial charge on any atom is 0.119 e. The topological polar surface area (TPSA) is 32.6 Å². The van der Waals surface area contributed by atoms with Crippen molar-refractivity contribution in [2.75, 3.05) is 19.8 Å². The first-order chi connectivity index (χ1) is 29.3. The molecule has 0 bridgehead atoms. The molecule has 1 heterocycles. The van der Waals surface area contributed by atoms with E-state index in [0.29, 0.717) is 27.8 Å². The number of unbranched alkanes of at least 4 members (excludes halogenated alkanes) is 3. The Hall–Kier alpha value is -4.12. The molecule has 0 amide bonds. The molecule has 0 spiro atoms. The number of aromatic nitrogens is 1. The SMILES string of the molecule is CCCCC(CC)COc1ccc(-n2c3cc(Cl)c(-c4cccc(OCC(CC)CCCC)c4)cc3c3cc(-c4cccc(OCC(CC)CCCC)c4)c(Cl)cc32)cc1. The molecule has 6 aromatic rings. The lowest BCUT2D eigenvalue weighted by Gasteiger charge is -2.16. The van der Waals surface area contributed by atoms with Gasteiger partial charge in [-0.25, -0.2) is 0 Å². The van der Waals surface area contributed by atoms with Gasteiger partial charge in [-0.2, -0.15) is 0 Å². The molecule has 320 valence electrons. The molecular weight excluding hydrogens is 782 g/mol. The van der Waals surface area contributed by atoms with Crippen LogP contribution in [0.25, 0.3) is 49.7 Å².